The van der Waals surface area contributed by atoms with Crippen LogP contribution in [0.2, 0.25) is 0 Å². The summed E-state index contributed by atoms with van der Waals surface area (Å²) in [5.74, 6) is -0.428. The zero-order valence-electron chi connectivity index (χ0n) is 9.66. The highest BCUT2D eigenvalue weighted by Crippen LogP contribution is 2.21. The topological polar surface area (TPSA) is 46.6 Å². The van der Waals surface area contributed by atoms with Crippen LogP contribution in [0.3, 0.4) is 0 Å². The predicted molar refractivity (Wildman–Crippen MR) is 56.2 cm³/mol. The van der Waals surface area contributed by atoms with Gasteiger partial charge in [-0.1, -0.05) is 6.92 Å². The summed E-state index contributed by atoms with van der Waals surface area (Å²) in [6.45, 7) is 6.83. The fourth-order valence-electron chi connectivity index (χ4n) is 1.71. The minimum Gasteiger partial charge on any atom is -0.465 e. The zero-order chi connectivity index (χ0) is 11.4. The molecule has 0 saturated carbocycles. The zero-order valence-corrected chi connectivity index (χ0v) is 9.66. The van der Waals surface area contributed by atoms with E-state index in [1.54, 1.807) is 4.90 Å². The first-order valence-corrected chi connectivity index (χ1v) is 5.52. The average molecular weight is 213 g/mol. The van der Waals surface area contributed by atoms with Crippen molar-refractivity contribution in [3.8, 4) is 0 Å². The maximum Gasteiger partial charge on any atom is 0.311 e. The Kier molecular flexibility index (Phi) is 4.12. The van der Waals surface area contributed by atoms with Gasteiger partial charge < -0.3 is 9.64 Å². The molecule has 0 bridgehead atoms. The molecule has 4 heteroatoms. The number of esters is 1. The Bertz CT molecular complexity index is 250. The number of hydrogen-bond donors (Lipinski definition) is 0. The first-order valence-electron chi connectivity index (χ1n) is 5.52. The molecule has 0 radical (unpaired) electrons. The van der Waals surface area contributed by atoms with Gasteiger partial charge in [-0.3, -0.25) is 9.59 Å². The lowest BCUT2D eigenvalue weighted by atomic mass is 10.1. The van der Waals surface area contributed by atoms with Gasteiger partial charge in [0.25, 0.3) is 0 Å². The van der Waals surface area contributed by atoms with E-state index >= 15 is 0 Å². The largest absolute Gasteiger partial charge is 0.465 e. The Balaban J connectivity index is 2.47. The van der Waals surface area contributed by atoms with E-state index in [0.717, 1.165) is 6.42 Å². The number of likely N-dealkylation sites (tertiary alicyclic amines) is 1. The van der Waals surface area contributed by atoms with E-state index in [4.69, 9.17) is 4.74 Å². The molecule has 1 unspecified atom stereocenters. The first-order chi connectivity index (χ1) is 7.06. The van der Waals surface area contributed by atoms with Crippen LogP contribution in [0.5, 0.6) is 0 Å². The second-order valence-electron chi connectivity index (χ2n) is 4.21. The summed E-state index contributed by atoms with van der Waals surface area (Å²) in [6, 6.07) is 0.168. The molecule has 1 atom stereocenters. The summed E-state index contributed by atoms with van der Waals surface area (Å²) in [4.78, 5) is 24.8. The highest BCUT2D eigenvalue weighted by Gasteiger charge is 2.36. The molecule has 1 rings (SSSR count). The molecular weight excluding hydrogens is 194 g/mol. The van der Waals surface area contributed by atoms with E-state index in [0.29, 0.717) is 19.6 Å². The van der Waals surface area contributed by atoms with Gasteiger partial charge in [-0.15, -0.1) is 0 Å². The second kappa shape index (κ2) is 5.14. The summed E-state index contributed by atoms with van der Waals surface area (Å²) in [5.41, 5.74) is 0. The van der Waals surface area contributed by atoms with Crippen molar-refractivity contribution in [1.82, 2.24) is 4.90 Å². The quantitative estimate of drug-likeness (QED) is 0.659. The lowest BCUT2D eigenvalue weighted by Crippen LogP contribution is -2.33. The highest BCUT2D eigenvalue weighted by atomic mass is 16.5. The molecule has 86 valence electrons. The third-order valence-corrected chi connectivity index (χ3v) is 2.56. The third kappa shape index (κ3) is 2.94. The summed E-state index contributed by atoms with van der Waals surface area (Å²) in [6.07, 6.45) is 1.13. The maximum atomic E-state index is 11.5. The number of carbonyl (C=O) groups is 2. The lowest BCUT2D eigenvalue weighted by molar-refractivity contribution is -0.148. The van der Waals surface area contributed by atoms with Crippen LogP contribution in [0, 0.1) is 5.92 Å². The van der Waals surface area contributed by atoms with Crippen LogP contribution < -0.4 is 0 Å². The van der Waals surface area contributed by atoms with Crippen LogP contribution in [0.1, 0.15) is 33.6 Å². The molecule has 0 aromatic heterocycles. The van der Waals surface area contributed by atoms with E-state index < -0.39 is 0 Å². The minimum atomic E-state index is -0.258. The van der Waals surface area contributed by atoms with Crippen LogP contribution in [0.4, 0.5) is 0 Å². The van der Waals surface area contributed by atoms with E-state index in [9.17, 15) is 9.59 Å². The molecule has 1 saturated heterocycles. The molecule has 1 heterocycles. The fraction of sp³-hybridized carbons (Fsp3) is 0.818. The molecule has 4 nitrogen and oxygen atoms in total. The Morgan fingerprint density at radius 3 is 2.73 bits per heavy atom. The molecule has 1 aliphatic rings. The Morgan fingerprint density at radius 2 is 2.27 bits per heavy atom. The van der Waals surface area contributed by atoms with Gasteiger partial charge in [0.2, 0.25) is 5.91 Å². The van der Waals surface area contributed by atoms with Gasteiger partial charge >= 0.3 is 5.97 Å². The minimum absolute atomic E-state index is 0.0587. The number of nitrogens with zero attached hydrogens (tertiary/aromatic N) is 1. The van der Waals surface area contributed by atoms with Crippen molar-refractivity contribution in [1.29, 1.82) is 0 Å². The first kappa shape index (κ1) is 12.0. The van der Waals surface area contributed by atoms with Crippen LogP contribution in [0.25, 0.3) is 0 Å². The molecule has 0 spiro atoms. The van der Waals surface area contributed by atoms with E-state index in [2.05, 4.69) is 0 Å². The van der Waals surface area contributed by atoms with Gasteiger partial charge in [-0.05, 0) is 20.3 Å². The smallest absolute Gasteiger partial charge is 0.311 e. The summed E-state index contributed by atoms with van der Waals surface area (Å²) in [7, 11) is 0. The average Bonchev–Trinajstić information content (AvgIpc) is 2.56. The molecule has 15 heavy (non-hydrogen) atoms. The van der Waals surface area contributed by atoms with Gasteiger partial charge in [0.15, 0.2) is 0 Å². The van der Waals surface area contributed by atoms with Crippen LogP contribution in [-0.2, 0) is 14.3 Å². The van der Waals surface area contributed by atoms with Gasteiger partial charge in [-0.25, -0.2) is 0 Å². The van der Waals surface area contributed by atoms with Gasteiger partial charge in [0.1, 0.15) is 0 Å². The molecule has 0 aromatic rings. The summed E-state index contributed by atoms with van der Waals surface area (Å²) < 4.78 is 5.03. The molecule has 0 aromatic carbocycles. The molecule has 1 amide bonds. The van der Waals surface area contributed by atoms with Gasteiger partial charge in [0, 0.05) is 19.0 Å². The second-order valence-corrected chi connectivity index (χ2v) is 4.21. The number of ether oxygens (including phenoxy) is 1. The molecule has 1 fully saturated rings. The number of carbonyl (C=O) groups excluding carboxylic acids is 2. The van der Waals surface area contributed by atoms with Crippen molar-refractivity contribution in [3.63, 3.8) is 0 Å². The standard InChI is InChI=1S/C11H19NO3/c1-4-5-15-11(14)9-6-10(13)12(7-9)8(2)3/h8-9H,4-7H2,1-3H3. The molecule has 1 aliphatic heterocycles. The van der Waals surface area contributed by atoms with E-state index in [1.165, 1.54) is 0 Å². The monoisotopic (exact) mass is 213 g/mol. The van der Waals surface area contributed by atoms with E-state index in [-0.39, 0.29) is 23.8 Å². The molecular formula is C11H19NO3. The van der Waals surface area contributed by atoms with Gasteiger partial charge in [-0.2, -0.15) is 0 Å². The highest BCUT2D eigenvalue weighted by molar-refractivity contribution is 5.86. The van der Waals surface area contributed by atoms with E-state index in [1.807, 2.05) is 20.8 Å². The van der Waals surface area contributed by atoms with Crippen LogP contribution >= 0.6 is 0 Å². The van der Waals surface area contributed by atoms with Crippen LogP contribution in [-0.4, -0.2) is 36.0 Å². The summed E-state index contributed by atoms with van der Waals surface area (Å²) >= 11 is 0. The lowest BCUT2D eigenvalue weighted by Gasteiger charge is -2.20. The summed E-state index contributed by atoms with van der Waals surface area (Å²) in [5, 5.41) is 0. The normalized spacial score (nSPS) is 21.2. The fourth-order valence-corrected chi connectivity index (χ4v) is 1.71. The number of amides is 1. The molecule has 0 aliphatic carbocycles. The van der Waals surface area contributed by atoms with Crippen molar-refractivity contribution in [3.05, 3.63) is 0 Å². The Labute approximate surface area is 90.6 Å². The Hall–Kier alpha value is -1.06. The number of hydrogen-bond acceptors (Lipinski definition) is 3. The van der Waals surface area contributed by atoms with Crippen molar-refractivity contribution < 1.29 is 14.3 Å². The third-order valence-electron chi connectivity index (χ3n) is 2.56. The maximum absolute atomic E-state index is 11.5. The Morgan fingerprint density at radius 1 is 1.60 bits per heavy atom. The SMILES string of the molecule is CCCOC(=O)C1CC(=O)N(C(C)C)C1. The number of rotatable bonds is 4. The molecule has 0 N–H and O–H groups in total. The van der Waals surface area contributed by atoms with Crippen molar-refractivity contribution in [2.24, 2.45) is 5.92 Å². The van der Waals surface area contributed by atoms with Crippen molar-refractivity contribution in [2.75, 3.05) is 13.2 Å². The predicted octanol–water partition coefficient (Wildman–Crippen LogP) is 1.20. The van der Waals surface area contributed by atoms with Crippen LogP contribution in [0.15, 0.2) is 0 Å². The van der Waals surface area contributed by atoms with Crippen molar-refractivity contribution in [2.45, 2.75) is 39.7 Å². The van der Waals surface area contributed by atoms with Crippen molar-refractivity contribution >= 4 is 11.9 Å². The van der Waals surface area contributed by atoms with Gasteiger partial charge in [0.05, 0.1) is 12.5 Å².